The van der Waals surface area contributed by atoms with E-state index in [-0.39, 0.29) is 6.04 Å². The average Bonchev–Trinajstić information content (AvgIpc) is 2.80. The molecule has 1 heterocycles. The average molecular weight is 323 g/mol. The molecule has 1 unspecified atom stereocenters. The summed E-state index contributed by atoms with van der Waals surface area (Å²) in [4.78, 5) is 1.37. The fourth-order valence-electron chi connectivity index (χ4n) is 2.57. The summed E-state index contributed by atoms with van der Waals surface area (Å²) < 4.78 is 0.849. The van der Waals surface area contributed by atoms with Crippen LogP contribution in [0.15, 0.2) is 24.3 Å². The Morgan fingerprint density at radius 2 is 2.15 bits per heavy atom. The molecular formula is C15H12Cl2N2S. The van der Waals surface area contributed by atoms with Gasteiger partial charge in [0.2, 0.25) is 0 Å². The van der Waals surface area contributed by atoms with Crippen molar-refractivity contribution in [2.24, 2.45) is 0 Å². The van der Waals surface area contributed by atoms with Gasteiger partial charge in [-0.05, 0) is 49.1 Å². The lowest BCUT2D eigenvalue weighted by molar-refractivity contribution is 0.609. The zero-order valence-electron chi connectivity index (χ0n) is 10.6. The molecule has 0 spiro atoms. The first-order valence-electron chi connectivity index (χ1n) is 6.41. The fraction of sp³-hybridized carbons (Fsp3) is 0.267. The lowest BCUT2D eigenvalue weighted by Gasteiger charge is -2.24. The van der Waals surface area contributed by atoms with Crippen molar-refractivity contribution in [1.29, 1.82) is 5.26 Å². The summed E-state index contributed by atoms with van der Waals surface area (Å²) in [5.41, 5.74) is 2.74. The van der Waals surface area contributed by atoms with E-state index in [0.717, 1.165) is 29.3 Å². The number of rotatable bonds is 2. The second-order valence-corrected chi connectivity index (χ2v) is 7.00. The summed E-state index contributed by atoms with van der Waals surface area (Å²) in [7, 11) is 0. The maximum Gasteiger partial charge on any atom is 0.101 e. The van der Waals surface area contributed by atoms with Gasteiger partial charge in [-0.25, -0.2) is 0 Å². The molecule has 1 N–H and O–H groups in total. The Morgan fingerprint density at radius 3 is 2.90 bits per heavy atom. The number of benzene rings is 1. The third-order valence-electron chi connectivity index (χ3n) is 3.51. The van der Waals surface area contributed by atoms with Crippen LogP contribution in [0.5, 0.6) is 0 Å². The van der Waals surface area contributed by atoms with Crippen molar-refractivity contribution in [1.82, 2.24) is 0 Å². The Bertz CT molecular complexity index is 688. The first-order valence-corrected chi connectivity index (χ1v) is 7.99. The van der Waals surface area contributed by atoms with Crippen LogP contribution in [0.1, 0.15) is 34.9 Å². The van der Waals surface area contributed by atoms with Crippen molar-refractivity contribution >= 4 is 40.2 Å². The molecule has 102 valence electrons. The predicted octanol–water partition coefficient (Wildman–Crippen LogP) is 5.42. The number of fused-ring (bicyclic) bond motifs is 1. The Morgan fingerprint density at radius 1 is 1.30 bits per heavy atom. The molecule has 2 nitrogen and oxygen atoms in total. The topological polar surface area (TPSA) is 35.8 Å². The second kappa shape index (κ2) is 5.65. The summed E-state index contributed by atoms with van der Waals surface area (Å²) in [5.74, 6) is 0. The quantitative estimate of drug-likeness (QED) is 0.801. The zero-order valence-corrected chi connectivity index (χ0v) is 12.9. The molecule has 5 heteroatoms. The standard InChI is InChI=1S/C15H12Cl2N2S/c16-12-6-10(5-4-9(12)8-18)19-13-2-1-3-14-11(13)7-15(17)20-14/h4-7,13,19H,1-3H2. The number of anilines is 1. The molecule has 0 bridgehead atoms. The minimum Gasteiger partial charge on any atom is -0.378 e. The number of nitrogens with one attached hydrogen (secondary N) is 1. The van der Waals surface area contributed by atoms with Crippen LogP contribution in [0.3, 0.4) is 0 Å². The Hall–Kier alpha value is -1.21. The number of nitrogens with zero attached hydrogens (tertiary/aromatic N) is 1. The molecule has 1 aliphatic rings. The van der Waals surface area contributed by atoms with E-state index in [1.54, 1.807) is 17.4 Å². The van der Waals surface area contributed by atoms with Gasteiger partial charge in [0.25, 0.3) is 0 Å². The summed E-state index contributed by atoms with van der Waals surface area (Å²) in [6.45, 7) is 0. The number of hydrogen-bond acceptors (Lipinski definition) is 3. The number of thiophene rings is 1. The highest BCUT2D eigenvalue weighted by molar-refractivity contribution is 7.16. The van der Waals surface area contributed by atoms with E-state index in [1.165, 1.54) is 10.4 Å². The lowest BCUT2D eigenvalue weighted by atomic mass is 9.94. The van der Waals surface area contributed by atoms with Crippen LogP contribution in [0, 0.1) is 11.3 Å². The van der Waals surface area contributed by atoms with Gasteiger partial charge in [-0.15, -0.1) is 11.3 Å². The van der Waals surface area contributed by atoms with Crippen LogP contribution in [-0.4, -0.2) is 0 Å². The molecule has 0 saturated heterocycles. The first-order chi connectivity index (χ1) is 9.67. The molecule has 0 saturated carbocycles. The summed E-state index contributed by atoms with van der Waals surface area (Å²) in [5, 5.41) is 12.9. The number of aryl methyl sites for hydroxylation is 1. The highest BCUT2D eigenvalue weighted by Crippen LogP contribution is 2.39. The van der Waals surface area contributed by atoms with Gasteiger partial charge in [0.05, 0.1) is 21.0 Å². The van der Waals surface area contributed by atoms with E-state index in [9.17, 15) is 0 Å². The SMILES string of the molecule is N#Cc1ccc(NC2CCCc3sc(Cl)cc32)cc1Cl. The molecule has 1 aliphatic carbocycles. The molecular weight excluding hydrogens is 311 g/mol. The predicted molar refractivity (Wildman–Crippen MR) is 84.8 cm³/mol. The third kappa shape index (κ3) is 2.64. The summed E-state index contributed by atoms with van der Waals surface area (Å²) in [6.07, 6.45) is 3.35. The van der Waals surface area contributed by atoms with Crippen LogP contribution in [0.4, 0.5) is 5.69 Å². The summed E-state index contributed by atoms with van der Waals surface area (Å²) >= 11 is 13.9. The van der Waals surface area contributed by atoms with Crippen LogP contribution < -0.4 is 5.32 Å². The van der Waals surface area contributed by atoms with E-state index in [2.05, 4.69) is 17.5 Å². The highest BCUT2D eigenvalue weighted by atomic mass is 35.5. The lowest BCUT2D eigenvalue weighted by Crippen LogP contribution is -2.15. The van der Waals surface area contributed by atoms with Gasteiger partial charge >= 0.3 is 0 Å². The van der Waals surface area contributed by atoms with Crippen LogP contribution in [0.2, 0.25) is 9.36 Å². The molecule has 0 amide bonds. The van der Waals surface area contributed by atoms with Gasteiger partial charge in [0.15, 0.2) is 0 Å². The molecule has 3 rings (SSSR count). The van der Waals surface area contributed by atoms with Crippen molar-refractivity contribution < 1.29 is 0 Å². The van der Waals surface area contributed by atoms with Crippen molar-refractivity contribution in [2.45, 2.75) is 25.3 Å². The third-order valence-corrected chi connectivity index (χ3v) is 5.17. The van der Waals surface area contributed by atoms with E-state index in [1.807, 2.05) is 12.1 Å². The highest BCUT2D eigenvalue weighted by Gasteiger charge is 2.22. The van der Waals surface area contributed by atoms with Crippen molar-refractivity contribution in [3.05, 3.63) is 49.6 Å². The number of hydrogen-bond donors (Lipinski definition) is 1. The Labute approximate surface area is 131 Å². The van der Waals surface area contributed by atoms with Crippen LogP contribution in [0.25, 0.3) is 0 Å². The van der Waals surface area contributed by atoms with Gasteiger partial charge in [0, 0.05) is 10.6 Å². The largest absolute Gasteiger partial charge is 0.378 e. The molecule has 1 aromatic carbocycles. The van der Waals surface area contributed by atoms with E-state index in [0.29, 0.717) is 10.6 Å². The molecule has 1 atom stereocenters. The smallest absolute Gasteiger partial charge is 0.101 e. The summed E-state index contributed by atoms with van der Waals surface area (Å²) in [6, 6.07) is 9.85. The Balaban J connectivity index is 1.85. The molecule has 2 aromatic rings. The monoisotopic (exact) mass is 322 g/mol. The van der Waals surface area contributed by atoms with Gasteiger partial charge in [-0.3, -0.25) is 0 Å². The molecule has 1 aromatic heterocycles. The number of nitriles is 1. The molecule has 0 aliphatic heterocycles. The molecule has 0 radical (unpaired) electrons. The maximum atomic E-state index is 8.90. The minimum atomic E-state index is 0.270. The van der Waals surface area contributed by atoms with E-state index >= 15 is 0 Å². The van der Waals surface area contributed by atoms with Gasteiger partial charge in [0.1, 0.15) is 6.07 Å². The van der Waals surface area contributed by atoms with Crippen molar-refractivity contribution in [3.8, 4) is 6.07 Å². The van der Waals surface area contributed by atoms with Gasteiger partial charge < -0.3 is 5.32 Å². The normalized spacial score (nSPS) is 17.4. The van der Waals surface area contributed by atoms with E-state index < -0.39 is 0 Å². The van der Waals surface area contributed by atoms with Crippen molar-refractivity contribution in [2.75, 3.05) is 5.32 Å². The molecule has 0 fully saturated rings. The van der Waals surface area contributed by atoms with Crippen LogP contribution >= 0.6 is 34.5 Å². The minimum absolute atomic E-state index is 0.270. The van der Waals surface area contributed by atoms with Gasteiger partial charge in [-0.2, -0.15) is 5.26 Å². The van der Waals surface area contributed by atoms with Gasteiger partial charge in [-0.1, -0.05) is 23.2 Å². The molecule has 20 heavy (non-hydrogen) atoms. The Kier molecular flexibility index (Phi) is 3.89. The number of halogens is 2. The zero-order chi connectivity index (χ0) is 14.1. The van der Waals surface area contributed by atoms with Crippen molar-refractivity contribution in [3.63, 3.8) is 0 Å². The first kappa shape index (κ1) is 13.8. The van der Waals surface area contributed by atoms with Crippen LogP contribution in [-0.2, 0) is 6.42 Å². The van der Waals surface area contributed by atoms with E-state index in [4.69, 9.17) is 28.5 Å². The second-order valence-electron chi connectivity index (χ2n) is 4.82. The fourth-order valence-corrected chi connectivity index (χ4v) is 4.17. The maximum absolute atomic E-state index is 8.90.